The fourth-order valence-corrected chi connectivity index (χ4v) is 3.88. The zero-order valence-corrected chi connectivity index (χ0v) is 14.2. The van der Waals surface area contributed by atoms with E-state index in [1.54, 1.807) is 0 Å². The second kappa shape index (κ2) is 6.40. The predicted molar refractivity (Wildman–Crippen MR) is 83.3 cm³/mol. The first-order valence-corrected chi connectivity index (χ1v) is 8.41. The van der Waals surface area contributed by atoms with E-state index in [-0.39, 0.29) is 0 Å². The molecule has 0 aliphatic carbocycles. The molecule has 2 atom stereocenters. The molecule has 2 unspecified atom stereocenters. The second-order valence-electron chi connectivity index (χ2n) is 5.54. The summed E-state index contributed by atoms with van der Waals surface area (Å²) < 4.78 is 3.39. The monoisotopic (exact) mass is 327 g/mol. The van der Waals surface area contributed by atoms with Crippen LogP contribution in [0, 0.1) is 0 Å². The molecule has 0 N–H and O–H groups in total. The summed E-state index contributed by atoms with van der Waals surface area (Å²) in [5, 5.41) is 4.71. The third kappa shape index (κ3) is 2.89. The zero-order valence-electron chi connectivity index (χ0n) is 12.6. The number of hydrogen-bond acceptors (Lipinski definition) is 2. The van der Waals surface area contributed by atoms with E-state index in [0.29, 0.717) is 6.04 Å². The van der Waals surface area contributed by atoms with Crippen molar-refractivity contribution in [3.63, 3.8) is 0 Å². The largest absolute Gasteiger partial charge is 0.292 e. The van der Waals surface area contributed by atoms with Crippen molar-refractivity contribution < 1.29 is 0 Å². The third-order valence-electron chi connectivity index (χ3n) is 4.45. The molecule has 2 heterocycles. The first-order chi connectivity index (χ1) is 9.12. The van der Waals surface area contributed by atoms with Gasteiger partial charge in [-0.2, -0.15) is 5.10 Å². The van der Waals surface area contributed by atoms with Crippen LogP contribution in [0.5, 0.6) is 0 Å². The van der Waals surface area contributed by atoms with Gasteiger partial charge in [0, 0.05) is 25.2 Å². The van der Waals surface area contributed by atoms with Crippen molar-refractivity contribution in [1.29, 1.82) is 0 Å². The lowest BCUT2D eigenvalue weighted by atomic mass is 10.1. The maximum absolute atomic E-state index is 4.71. The Morgan fingerprint density at radius 1 is 1.26 bits per heavy atom. The lowest BCUT2D eigenvalue weighted by Gasteiger charge is -2.28. The van der Waals surface area contributed by atoms with Gasteiger partial charge < -0.3 is 0 Å². The van der Waals surface area contributed by atoms with Gasteiger partial charge in [-0.25, -0.2) is 0 Å². The van der Waals surface area contributed by atoms with E-state index < -0.39 is 0 Å². The molecule has 2 rings (SSSR count). The zero-order chi connectivity index (χ0) is 14.0. The molecule has 1 fully saturated rings. The van der Waals surface area contributed by atoms with Crippen LogP contribution in [0.1, 0.15) is 58.3 Å². The summed E-state index contributed by atoms with van der Waals surface area (Å²) in [6.45, 7) is 11.0. The Hall–Kier alpha value is -0.350. The highest BCUT2D eigenvalue weighted by atomic mass is 79.9. The van der Waals surface area contributed by atoms with Crippen LogP contribution in [0.15, 0.2) is 4.47 Å². The third-order valence-corrected chi connectivity index (χ3v) is 5.37. The van der Waals surface area contributed by atoms with Crippen LogP contribution in [0.2, 0.25) is 0 Å². The molecule has 1 aromatic rings. The first kappa shape index (κ1) is 15.0. The van der Waals surface area contributed by atoms with Crippen LogP contribution >= 0.6 is 15.9 Å². The lowest BCUT2D eigenvalue weighted by molar-refractivity contribution is 0.183. The van der Waals surface area contributed by atoms with Gasteiger partial charge in [-0.3, -0.25) is 9.58 Å². The Kier molecular flexibility index (Phi) is 5.07. The fraction of sp³-hybridized carbons (Fsp3) is 0.800. The number of halogens is 1. The van der Waals surface area contributed by atoms with Gasteiger partial charge in [0.05, 0.1) is 15.9 Å². The molecule has 1 aromatic heterocycles. The molecule has 108 valence electrons. The van der Waals surface area contributed by atoms with Crippen molar-refractivity contribution in [3.05, 3.63) is 15.9 Å². The van der Waals surface area contributed by atoms with E-state index in [4.69, 9.17) is 5.10 Å². The summed E-state index contributed by atoms with van der Waals surface area (Å²) in [6, 6.07) is 1.44. The van der Waals surface area contributed by atoms with Gasteiger partial charge in [0.15, 0.2) is 0 Å². The molecule has 0 amide bonds. The van der Waals surface area contributed by atoms with Crippen molar-refractivity contribution in [2.45, 2.75) is 78.6 Å². The van der Waals surface area contributed by atoms with Gasteiger partial charge in [-0.1, -0.05) is 13.8 Å². The van der Waals surface area contributed by atoms with E-state index in [2.05, 4.69) is 53.2 Å². The summed E-state index contributed by atoms with van der Waals surface area (Å²) in [5.74, 6) is 0. The van der Waals surface area contributed by atoms with Gasteiger partial charge in [0.1, 0.15) is 0 Å². The number of hydrogen-bond donors (Lipinski definition) is 0. The van der Waals surface area contributed by atoms with Crippen molar-refractivity contribution >= 4 is 15.9 Å². The standard InChI is InChI=1S/C15H26BrN3/c1-5-12-9-8-11(4)18(12)10-14-15(16)13(6-2)17-19(14)7-3/h11-12H,5-10H2,1-4H3. The molecule has 0 saturated carbocycles. The minimum Gasteiger partial charge on any atom is -0.292 e. The van der Waals surface area contributed by atoms with Crippen LogP contribution in [-0.2, 0) is 19.5 Å². The Morgan fingerprint density at radius 2 is 2.00 bits per heavy atom. The first-order valence-electron chi connectivity index (χ1n) is 7.62. The Labute approximate surface area is 125 Å². The highest BCUT2D eigenvalue weighted by Crippen LogP contribution is 2.31. The SMILES string of the molecule is CCc1nn(CC)c(CN2C(C)CCC2CC)c1Br. The fourth-order valence-electron chi connectivity index (χ4n) is 3.19. The van der Waals surface area contributed by atoms with E-state index in [1.165, 1.54) is 35.1 Å². The highest BCUT2D eigenvalue weighted by molar-refractivity contribution is 9.10. The molecule has 4 heteroatoms. The predicted octanol–water partition coefficient (Wildman–Crippen LogP) is 3.99. The summed E-state index contributed by atoms with van der Waals surface area (Å²) in [4.78, 5) is 2.66. The number of aromatic nitrogens is 2. The topological polar surface area (TPSA) is 21.1 Å². The van der Waals surface area contributed by atoms with Crippen molar-refractivity contribution in [3.8, 4) is 0 Å². The van der Waals surface area contributed by atoms with Gasteiger partial charge in [-0.15, -0.1) is 0 Å². The van der Waals surface area contributed by atoms with Crippen molar-refractivity contribution in [2.75, 3.05) is 0 Å². The Morgan fingerprint density at radius 3 is 2.58 bits per heavy atom. The minimum absolute atomic E-state index is 0.696. The van der Waals surface area contributed by atoms with Gasteiger partial charge in [-0.05, 0) is 55.5 Å². The van der Waals surface area contributed by atoms with Crippen LogP contribution in [0.3, 0.4) is 0 Å². The molecule has 0 aromatic carbocycles. The molecule has 1 aliphatic rings. The number of nitrogens with zero attached hydrogens (tertiary/aromatic N) is 3. The molecule has 0 spiro atoms. The molecule has 19 heavy (non-hydrogen) atoms. The van der Waals surface area contributed by atoms with Crippen LogP contribution in [-0.4, -0.2) is 26.8 Å². The van der Waals surface area contributed by atoms with Crippen molar-refractivity contribution in [2.24, 2.45) is 0 Å². The average molecular weight is 328 g/mol. The molecule has 3 nitrogen and oxygen atoms in total. The van der Waals surface area contributed by atoms with E-state index in [9.17, 15) is 0 Å². The van der Waals surface area contributed by atoms with Gasteiger partial charge in [0.2, 0.25) is 0 Å². The Bertz CT molecular complexity index is 427. The van der Waals surface area contributed by atoms with E-state index >= 15 is 0 Å². The molecule has 0 bridgehead atoms. The average Bonchev–Trinajstić information content (AvgIpc) is 2.92. The quantitative estimate of drug-likeness (QED) is 0.815. The smallest absolute Gasteiger partial charge is 0.0767 e. The summed E-state index contributed by atoms with van der Waals surface area (Å²) in [5.41, 5.74) is 2.54. The highest BCUT2D eigenvalue weighted by Gasteiger charge is 2.30. The van der Waals surface area contributed by atoms with E-state index in [0.717, 1.165) is 25.6 Å². The summed E-state index contributed by atoms with van der Waals surface area (Å²) >= 11 is 3.76. The lowest BCUT2D eigenvalue weighted by Crippen LogP contribution is -2.34. The maximum Gasteiger partial charge on any atom is 0.0767 e. The maximum atomic E-state index is 4.71. The number of aryl methyl sites for hydroxylation is 2. The second-order valence-corrected chi connectivity index (χ2v) is 6.33. The Balaban J connectivity index is 2.24. The normalized spacial score (nSPS) is 24.3. The molecule has 0 radical (unpaired) electrons. The van der Waals surface area contributed by atoms with Crippen LogP contribution < -0.4 is 0 Å². The molecule has 1 aliphatic heterocycles. The summed E-state index contributed by atoms with van der Waals surface area (Å²) in [6.07, 6.45) is 4.92. The number of rotatable bonds is 5. The molecular weight excluding hydrogens is 302 g/mol. The molecule has 1 saturated heterocycles. The van der Waals surface area contributed by atoms with Crippen LogP contribution in [0.4, 0.5) is 0 Å². The van der Waals surface area contributed by atoms with Gasteiger partial charge in [0.25, 0.3) is 0 Å². The van der Waals surface area contributed by atoms with E-state index in [1.807, 2.05) is 0 Å². The van der Waals surface area contributed by atoms with Crippen molar-refractivity contribution in [1.82, 2.24) is 14.7 Å². The van der Waals surface area contributed by atoms with Crippen LogP contribution in [0.25, 0.3) is 0 Å². The molecular formula is C15H26BrN3. The van der Waals surface area contributed by atoms with Gasteiger partial charge >= 0.3 is 0 Å². The number of likely N-dealkylation sites (tertiary alicyclic amines) is 1. The summed E-state index contributed by atoms with van der Waals surface area (Å²) in [7, 11) is 0. The minimum atomic E-state index is 0.696.